The highest BCUT2D eigenvalue weighted by Crippen LogP contribution is 2.19. The SMILES string of the molecule is CC(NC(=O)CN)C(=O)N1CCCC1C(=O)NC(CC(N)=O)C(=O)O. The smallest absolute Gasteiger partial charge is 0.326 e. The molecule has 11 heteroatoms. The van der Waals surface area contributed by atoms with Crippen LogP contribution in [0.1, 0.15) is 26.2 Å². The number of hydrogen-bond donors (Lipinski definition) is 5. The van der Waals surface area contributed by atoms with Crippen molar-refractivity contribution in [2.75, 3.05) is 13.1 Å². The minimum Gasteiger partial charge on any atom is -0.480 e. The average molecular weight is 357 g/mol. The molecule has 7 N–H and O–H groups in total. The summed E-state index contributed by atoms with van der Waals surface area (Å²) in [5.41, 5.74) is 10.1. The molecule has 1 saturated heterocycles. The van der Waals surface area contributed by atoms with E-state index in [4.69, 9.17) is 16.6 Å². The van der Waals surface area contributed by atoms with Gasteiger partial charge in [0.1, 0.15) is 18.1 Å². The summed E-state index contributed by atoms with van der Waals surface area (Å²) in [5.74, 6) is -3.93. The Labute approximate surface area is 144 Å². The Morgan fingerprint density at radius 1 is 1.24 bits per heavy atom. The van der Waals surface area contributed by atoms with Crippen molar-refractivity contribution >= 4 is 29.6 Å². The summed E-state index contributed by atoms with van der Waals surface area (Å²) >= 11 is 0. The van der Waals surface area contributed by atoms with E-state index in [2.05, 4.69) is 10.6 Å². The lowest BCUT2D eigenvalue weighted by Crippen LogP contribution is -2.55. The van der Waals surface area contributed by atoms with Crippen LogP contribution in [0.15, 0.2) is 0 Å². The van der Waals surface area contributed by atoms with Gasteiger partial charge in [-0.15, -0.1) is 0 Å². The number of carboxylic acid groups (broad SMARTS) is 1. The highest BCUT2D eigenvalue weighted by atomic mass is 16.4. The first-order valence-electron chi connectivity index (χ1n) is 7.78. The number of carbonyl (C=O) groups excluding carboxylic acids is 4. The van der Waals surface area contributed by atoms with Gasteiger partial charge in [-0.25, -0.2) is 4.79 Å². The maximum absolute atomic E-state index is 12.4. The molecule has 0 saturated carbocycles. The van der Waals surface area contributed by atoms with Gasteiger partial charge in [-0.1, -0.05) is 0 Å². The Balaban J connectivity index is 2.76. The molecule has 1 fully saturated rings. The number of aliphatic carboxylic acids is 1. The van der Waals surface area contributed by atoms with E-state index < -0.39 is 54.1 Å². The summed E-state index contributed by atoms with van der Waals surface area (Å²) in [6, 6.07) is -3.21. The summed E-state index contributed by atoms with van der Waals surface area (Å²) in [4.78, 5) is 59.3. The first-order valence-corrected chi connectivity index (χ1v) is 7.78. The molecule has 1 rings (SSSR count). The normalized spacial score (nSPS) is 19.0. The Morgan fingerprint density at radius 3 is 2.40 bits per heavy atom. The quantitative estimate of drug-likeness (QED) is 0.304. The molecule has 4 amide bonds. The van der Waals surface area contributed by atoms with Crippen molar-refractivity contribution in [1.82, 2.24) is 15.5 Å². The van der Waals surface area contributed by atoms with Gasteiger partial charge in [0.05, 0.1) is 13.0 Å². The molecule has 140 valence electrons. The molecule has 0 radical (unpaired) electrons. The zero-order valence-corrected chi connectivity index (χ0v) is 13.9. The summed E-state index contributed by atoms with van der Waals surface area (Å²) < 4.78 is 0. The molecule has 0 aromatic carbocycles. The van der Waals surface area contributed by atoms with Gasteiger partial charge in [0.2, 0.25) is 23.6 Å². The second-order valence-electron chi connectivity index (χ2n) is 5.75. The number of rotatable bonds is 8. The molecular weight excluding hydrogens is 334 g/mol. The van der Waals surface area contributed by atoms with E-state index in [0.717, 1.165) is 0 Å². The van der Waals surface area contributed by atoms with Crippen LogP contribution in [0.3, 0.4) is 0 Å². The molecule has 0 aromatic rings. The van der Waals surface area contributed by atoms with Crippen molar-refractivity contribution in [2.24, 2.45) is 11.5 Å². The third-order valence-electron chi connectivity index (χ3n) is 3.79. The van der Waals surface area contributed by atoms with Crippen molar-refractivity contribution in [3.8, 4) is 0 Å². The predicted octanol–water partition coefficient (Wildman–Crippen LogP) is -3.11. The first kappa shape index (κ1) is 20.4. The Morgan fingerprint density at radius 2 is 1.88 bits per heavy atom. The van der Waals surface area contributed by atoms with Crippen LogP contribution in [0.2, 0.25) is 0 Å². The van der Waals surface area contributed by atoms with Crippen molar-refractivity contribution in [2.45, 2.75) is 44.3 Å². The number of amides is 4. The molecule has 3 atom stereocenters. The third kappa shape index (κ3) is 5.71. The molecule has 0 aromatic heterocycles. The molecule has 1 aliphatic heterocycles. The average Bonchev–Trinajstić information content (AvgIpc) is 3.02. The number of likely N-dealkylation sites (tertiary alicyclic amines) is 1. The van der Waals surface area contributed by atoms with Crippen LogP contribution in [0.5, 0.6) is 0 Å². The van der Waals surface area contributed by atoms with Gasteiger partial charge in [-0.3, -0.25) is 19.2 Å². The Hall–Kier alpha value is -2.69. The largest absolute Gasteiger partial charge is 0.480 e. The molecule has 0 bridgehead atoms. The lowest BCUT2D eigenvalue weighted by molar-refractivity contribution is -0.145. The van der Waals surface area contributed by atoms with E-state index in [1.54, 1.807) is 0 Å². The van der Waals surface area contributed by atoms with E-state index in [1.807, 2.05) is 0 Å². The maximum Gasteiger partial charge on any atom is 0.326 e. The predicted molar refractivity (Wildman–Crippen MR) is 84.8 cm³/mol. The van der Waals surface area contributed by atoms with Crippen LogP contribution >= 0.6 is 0 Å². The maximum atomic E-state index is 12.4. The van der Waals surface area contributed by atoms with Crippen LogP contribution in [0, 0.1) is 0 Å². The van der Waals surface area contributed by atoms with Gasteiger partial charge in [0.15, 0.2) is 0 Å². The number of primary amides is 1. The van der Waals surface area contributed by atoms with Gasteiger partial charge < -0.3 is 32.1 Å². The van der Waals surface area contributed by atoms with E-state index in [0.29, 0.717) is 19.4 Å². The number of nitrogens with zero attached hydrogens (tertiary/aromatic N) is 1. The Kier molecular flexibility index (Phi) is 7.30. The van der Waals surface area contributed by atoms with Crippen molar-refractivity contribution < 1.29 is 29.1 Å². The van der Waals surface area contributed by atoms with E-state index in [9.17, 15) is 24.0 Å². The van der Waals surface area contributed by atoms with E-state index in [-0.39, 0.29) is 6.54 Å². The molecule has 3 unspecified atom stereocenters. The summed E-state index contributed by atoms with van der Waals surface area (Å²) in [6.07, 6.45) is 0.345. The van der Waals surface area contributed by atoms with Crippen LogP contribution in [-0.2, 0) is 24.0 Å². The number of nitrogens with one attached hydrogen (secondary N) is 2. The third-order valence-corrected chi connectivity index (χ3v) is 3.79. The Bertz CT molecular complexity index is 566. The summed E-state index contributed by atoms with van der Waals surface area (Å²) in [5, 5.41) is 13.7. The van der Waals surface area contributed by atoms with E-state index >= 15 is 0 Å². The van der Waals surface area contributed by atoms with Gasteiger partial charge in [-0.05, 0) is 19.8 Å². The number of hydrogen-bond acceptors (Lipinski definition) is 6. The fraction of sp³-hybridized carbons (Fsp3) is 0.643. The number of nitrogens with two attached hydrogens (primary N) is 2. The van der Waals surface area contributed by atoms with Crippen LogP contribution < -0.4 is 22.1 Å². The van der Waals surface area contributed by atoms with Crippen LogP contribution in [-0.4, -0.2) is 70.8 Å². The molecule has 0 aliphatic carbocycles. The molecule has 0 spiro atoms. The van der Waals surface area contributed by atoms with Gasteiger partial charge in [0, 0.05) is 6.54 Å². The number of carbonyl (C=O) groups is 5. The van der Waals surface area contributed by atoms with Gasteiger partial charge >= 0.3 is 5.97 Å². The second-order valence-corrected chi connectivity index (χ2v) is 5.75. The fourth-order valence-corrected chi connectivity index (χ4v) is 2.58. The minimum atomic E-state index is -1.46. The van der Waals surface area contributed by atoms with Crippen molar-refractivity contribution in [3.05, 3.63) is 0 Å². The zero-order valence-electron chi connectivity index (χ0n) is 13.9. The van der Waals surface area contributed by atoms with Gasteiger partial charge in [0.25, 0.3) is 0 Å². The van der Waals surface area contributed by atoms with E-state index in [1.165, 1.54) is 11.8 Å². The first-order chi connectivity index (χ1) is 11.7. The van der Waals surface area contributed by atoms with Crippen molar-refractivity contribution in [3.63, 3.8) is 0 Å². The van der Waals surface area contributed by atoms with Crippen molar-refractivity contribution in [1.29, 1.82) is 0 Å². The molecule has 1 heterocycles. The lowest BCUT2D eigenvalue weighted by Gasteiger charge is -2.28. The molecule has 25 heavy (non-hydrogen) atoms. The summed E-state index contributed by atoms with van der Waals surface area (Å²) in [7, 11) is 0. The number of carboxylic acids is 1. The standard InChI is InChI=1S/C14H23N5O6/c1-7(17-11(21)6-15)13(23)19-4-2-3-9(19)12(22)18-8(14(24)25)5-10(16)20/h7-9H,2-6,15H2,1H3,(H2,16,20)(H,17,21)(H,18,22)(H,24,25). The fourth-order valence-electron chi connectivity index (χ4n) is 2.58. The van der Waals surface area contributed by atoms with Crippen LogP contribution in [0.25, 0.3) is 0 Å². The highest BCUT2D eigenvalue weighted by molar-refractivity contribution is 5.94. The summed E-state index contributed by atoms with van der Waals surface area (Å²) in [6.45, 7) is 1.50. The molecular formula is C14H23N5O6. The zero-order chi connectivity index (χ0) is 19.1. The second kappa shape index (κ2) is 8.97. The lowest BCUT2D eigenvalue weighted by atomic mass is 10.1. The minimum absolute atomic E-state index is 0.269. The van der Waals surface area contributed by atoms with Gasteiger partial charge in [-0.2, -0.15) is 0 Å². The topological polar surface area (TPSA) is 185 Å². The van der Waals surface area contributed by atoms with Crippen LogP contribution in [0.4, 0.5) is 0 Å². The molecule has 1 aliphatic rings. The monoisotopic (exact) mass is 357 g/mol. The molecule has 11 nitrogen and oxygen atoms in total. The highest BCUT2D eigenvalue weighted by Gasteiger charge is 2.37.